The zero-order valence-electron chi connectivity index (χ0n) is 19.0. The van der Waals surface area contributed by atoms with Crippen molar-refractivity contribution in [2.75, 3.05) is 0 Å². The molecular formula is C23H23BrClN7O3. The van der Waals surface area contributed by atoms with Gasteiger partial charge in [-0.15, -0.1) is 10.2 Å². The molecule has 0 aliphatic carbocycles. The maximum Gasteiger partial charge on any atom is 0.266 e. The zero-order chi connectivity index (χ0) is 24.5. The average Bonchev–Trinajstić information content (AvgIpc) is 3.55. The standard InChI is InChI=1S/C23H23BrClN7O3/c1-2-3-4-10-31-21-15(12-17(24)26-21)22(34)32-18(28-29-23(31)32)6-5-7-19-27-20(30-35-19)14-9-8-13(33)11-16(14)25/h8-9,11,33H,2-7,10,12H2,1H3. The number of phenols is 1. The van der Waals surface area contributed by atoms with Crippen molar-refractivity contribution >= 4 is 43.7 Å². The molecule has 4 aromatic rings. The minimum Gasteiger partial charge on any atom is -0.508 e. The number of aromatic hydroxyl groups is 1. The average molecular weight is 561 g/mol. The normalized spacial score (nSPS) is 12.9. The third-order valence-corrected chi connectivity index (χ3v) is 6.70. The number of hydrogen-bond acceptors (Lipinski definition) is 8. The zero-order valence-corrected chi connectivity index (χ0v) is 21.4. The number of halogens is 2. The lowest BCUT2D eigenvalue weighted by molar-refractivity contribution is 0.375. The van der Waals surface area contributed by atoms with Gasteiger partial charge in [-0.1, -0.05) is 36.5 Å². The third-order valence-electron chi connectivity index (χ3n) is 5.93. The summed E-state index contributed by atoms with van der Waals surface area (Å²) in [5.74, 6) is 2.67. The maximum atomic E-state index is 13.3. The highest BCUT2D eigenvalue weighted by Crippen LogP contribution is 2.30. The van der Waals surface area contributed by atoms with Crippen molar-refractivity contribution in [2.24, 2.45) is 4.99 Å². The topological polar surface area (TPSA) is 124 Å². The van der Waals surface area contributed by atoms with Crippen molar-refractivity contribution in [1.82, 2.24) is 29.3 Å². The molecule has 1 aliphatic rings. The molecule has 182 valence electrons. The molecule has 0 radical (unpaired) electrons. The summed E-state index contributed by atoms with van der Waals surface area (Å²) >= 11 is 9.63. The predicted molar refractivity (Wildman–Crippen MR) is 135 cm³/mol. The molecule has 0 saturated heterocycles. The number of aliphatic imine (C=N–C) groups is 1. The SMILES string of the molecule is CCCCCn1c2c(c(=O)n3c(CCCc4nc(-c5ccc(O)cc5Cl)no4)nnc13)CC(Br)=N2. The number of phenolic OH excluding ortho intramolecular Hbond substituents is 1. The molecule has 1 N–H and O–H groups in total. The van der Waals surface area contributed by atoms with E-state index in [1.165, 1.54) is 12.1 Å². The number of nitrogens with zero attached hydrogens (tertiary/aromatic N) is 7. The highest BCUT2D eigenvalue weighted by molar-refractivity contribution is 9.18. The lowest BCUT2D eigenvalue weighted by Gasteiger charge is -2.12. The Kier molecular flexibility index (Phi) is 6.70. The summed E-state index contributed by atoms with van der Waals surface area (Å²) < 4.78 is 9.73. The molecule has 1 aromatic carbocycles. The fourth-order valence-electron chi connectivity index (χ4n) is 4.20. The van der Waals surface area contributed by atoms with Gasteiger partial charge in [-0.25, -0.2) is 9.39 Å². The molecule has 3 aromatic heterocycles. The Balaban J connectivity index is 1.36. The minimum absolute atomic E-state index is 0.0667. The highest BCUT2D eigenvalue weighted by atomic mass is 79.9. The number of hydrogen-bond donors (Lipinski definition) is 1. The third kappa shape index (κ3) is 4.62. The largest absolute Gasteiger partial charge is 0.508 e. The van der Waals surface area contributed by atoms with E-state index in [2.05, 4.69) is 48.2 Å². The molecule has 12 heteroatoms. The van der Waals surface area contributed by atoms with E-state index >= 15 is 0 Å². The van der Waals surface area contributed by atoms with Crippen LogP contribution in [0.5, 0.6) is 5.75 Å². The van der Waals surface area contributed by atoms with Gasteiger partial charge in [-0.3, -0.25) is 9.36 Å². The van der Waals surface area contributed by atoms with E-state index in [1.54, 1.807) is 10.5 Å². The molecule has 10 nitrogen and oxygen atoms in total. The lowest BCUT2D eigenvalue weighted by Crippen LogP contribution is -2.23. The summed E-state index contributed by atoms with van der Waals surface area (Å²) in [5.41, 5.74) is 1.12. The van der Waals surface area contributed by atoms with Crippen molar-refractivity contribution in [2.45, 2.75) is 58.4 Å². The van der Waals surface area contributed by atoms with E-state index in [0.29, 0.717) is 71.0 Å². The molecule has 0 fully saturated rings. The van der Waals surface area contributed by atoms with Crippen LogP contribution in [-0.2, 0) is 25.8 Å². The van der Waals surface area contributed by atoms with Crippen molar-refractivity contribution in [3.63, 3.8) is 0 Å². The van der Waals surface area contributed by atoms with Gasteiger partial charge in [0.1, 0.15) is 17.4 Å². The maximum absolute atomic E-state index is 13.3. The van der Waals surface area contributed by atoms with Crippen LogP contribution in [0, 0.1) is 0 Å². The van der Waals surface area contributed by atoms with E-state index in [1.807, 2.05) is 4.57 Å². The van der Waals surface area contributed by atoms with Gasteiger partial charge in [-0.2, -0.15) is 4.98 Å². The molecule has 0 saturated carbocycles. The Hall–Kier alpha value is -3.05. The smallest absolute Gasteiger partial charge is 0.266 e. The number of aromatic nitrogens is 6. The van der Waals surface area contributed by atoms with Crippen molar-refractivity contribution < 1.29 is 9.63 Å². The van der Waals surface area contributed by atoms with Crippen molar-refractivity contribution in [1.29, 1.82) is 0 Å². The first-order chi connectivity index (χ1) is 17.0. The molecule has 0 bridgehead atoms. The van der Waals surface area contributed by atoms with Crippen LogP contribution < -0.4 is 5.56 Å². The Morgan fingerprint density at radius 2 is 2.06 bits per heavy atom. The molecule has 1 aliphatic heterocycles. The first-order valence-electron chi connectivity index (χ1n) is 11.5. The van der Waals surface area contributed by atoms with Gasteiger partial charge in [0.15, 0.2) is 0 Å². The van der Waals surface area contributed by atoms with Crippen LogP contribution in [0.3, 0.4) is 0 Å². The summed E-state index contributed by atoms with van der Waals surface area (Å²) in [6.07, 6.45) is 5.28. The molecule has 0 amide bonds. The summed E-state index contributed by atoms with van der Waals surface area (Å²) in [7, 11) is 0. The highest BCUT2D eigenvalue weighted by Gasteiger charge is 2.25. The van der Waals surface area contributed by atoms with Gasteiger partial charge < -0.3 is 9.63 Å². The first-order valence-corrected chi connectivity index (χ1v) is 12.7. The second-order valence-electron chi connectivity index (χ2n) is 8.41. The summed E-state index contributed by atoms with van der Waals surface area (Å²) in [5, 5.41) is 22.5. The van der Waals surface area contributed by atoms with E-state index in [0.717, 1.165) is 30.4 Å². The van der Waals surface area contributed by atoms with Crippen LogP contribution in [0.4, 0.5) is 5.82 Å². The molecule has 35 heavy (non-hydrogen) atoms. The number of fused-ring (bicyclic) bond motifs is 2. The second kappa shape index (κ2) is 9.90. The van der Waals surface area contributed by atoms with Crippen molar-refractivity contribution in [3.8, 4) is 17.1 Å². The Bertz CT molecular complexity index is 1490. The van der Waals surface area contributed by atoms with Crippen LogP contribution in [0.15, 0.2) is 32.5 Å². The molecule has 0 unspecified atom stereocenters. The van der Waals surface area contributed by atoms with Gasteiger partial charge in [0.25, 0.3) is 5.56 Å². The molecule has 4 heterocycles. The Morgan fingerprint density at radius 3 is 2.86 bits per heavy atom. The van der Waals surface area contributed by atoms with Gasteiger partial charge in [0.05, 0.1) is 15.2 Å². The van der Waals surface area contributed by atoms with Crippen LogP contribution in [0.1, 0.15) is 49.9 Å². The molecule has 0 spiro atoms. The monoisotopic (exact) mass is 559 g/mol. The van der Waals surface area contributed by atoms with E-state index in [9.17, 15) is 9.90 Å². The fraction of sp³-hybridized carbons (Fsp3) is 0.391. The molecule has 5 rings (SSSR count). The minimum atomic E-state index is -0.123. The fourth-order valence-corrected chi connectivity index (χ4v) is 4.91. The van der Waals surface area contributed by atoms with Gasteiger partial charge >= 0.3 is 0 Å². The van der Waals surface area contributed by atoms with Gasteiger partial charge in [0, 0.05) is 31.4 Å². The number of rotatable bonds is 9. The molecule has 0 atom stereocenters. The van der Waals surface area contributed by atoms with Crippen LogP contribution in [0.2, 0.25) is 5.02 Å². The van der Waals surface area contributed by atoms with Crippen molar-refractivity contribution in [3.05, 3.63) is 50.9 Å². The van der Waals surface area contributed by atoms with E-state index < -0.39 is 0 Å². The summed E-state index contributed by atoms with van der Waals surface area (Å²) in [6, 6.07) is 4.59. The number of aryl methyl sites for hydroxylation is 3. The lowest BCUT2D eigenvalue weighted by atomic mass is 10.2. The van der Waals surface area contributed by atoms with Crippen LogP contribution in [0.25, 0.3) is 17.2 Å². The predicted octanol–water partition coefficient (Wildman–Crippen LogP) is 4.65. The Labute approximate surface area is 213 Å². The first kappa shape index (κ1) is 23.7. The van der Waals surface area contributed by atoms with Gasteiger partial charge in [-0.05, 0) is 47.0 Å². The van der Waals surface area contributed by atoms with E-state index in [-0.39, 0.29) is 11.3 Å². The second-order valence-corrected chi connectivity index (χ2v) is 9.73. The van der Waals surface area contributed by atoms with Gasteiger partial charge in [0.2, 0.25) is 17.5 Å². The quantitative estimate of drug-likeness (QED) is 0.296. The molecular weight excluding hydrogens is 538 g/mol. The van der Waals surface area contributed by atoms with E-state index in [4.69, 9.17) is 16.1 Å². The summed E-state index contributed by atoms with van der Waals surface area (Å²) in [4.78, 5) is 22.2. The number of benzene rings is 1. The summed E-state index contributed by atoms with van der Waals surface area (Å²) in [6.45, 7) is 2.88. The van der Waals surface area contributed by atoms with Crippen LogP contribution in [-0.4, -0.2) is 39.0 Å². The number of unbranched alkanes of at least 4 members (excludes halogenated alkanes) is 2. The van der Waals surface area contributed by atoms with Crippen LogP contribution >= 0.6 is 27.5 Å². The Morgan fingerprint density at radius 1 is 1.20 bits per heavy atom.